The second kappa shape index (κ2) is 5.25. The molecule has 0 aromatic heterocycles. The van der Waals surface area contributed by atoms with Crippen molar-refractivity contribution in [1.82, 2.24) is 5.32 Å². The maximum Gasteiger partial charge on any atom is 0.0948 e. The predicted molar refractivity (Wildman–Crippen MR) is 56.5 cm³/mol. The fourth-order valence-electron chi connectivity index (χ4n) is 2.66. The Kier molecular flexibility index (Phi) is 3.97. The first-order chi connectivity index (χ1) is 7.31. The zero-order chi connectivity index (χ0) is 10.7. The SMILES string of the molecule is OCC1CCCC1CNC1COCC1O. The Labute approximate surface area is 90.6 Å². The molecule has 2 fully saturated rings. The number of hydrogen-bond donors (Lipinski definition) is 3. The van der Waals surface area contributed by atoms with Crippen molar-refractivity contribution in [1.29, 1.82) is 0 Å². The third-order valence-electron chi connectivity index (χ3n) is 3.74. The van der Waals surface area contributed by atoms with Crippen molar-refractivity contribution >= 4 is 0 Å². The molecule has 2 rings (SSSR count). The van der Waals surface area contributed by atoms with E-state index in [-0.39, 0.29) is 12.1 Å². The first kappa shape index (κ1) is 11.3. The molecule has 0 bridgehead atoms. The number of nitrogens with one attached hydrogen (secondary N) is 1. The molecular formula is C11H21NO3. The molecule has 1 saturated carbocycles. The van der Waals surface area contributed by atoms with Crippen LogP contribution >= 0.6 is 0 Å². The molecule has 4 nitrogen and oxygen atoms in total. The van der Waals surface area contributed by atoms with Crippen molar-refractivity contribution < 1.29 is 14.9 Å². The lowest BCUT2D eigenvalue weighted by Gasteiger charge is -2.21. The quantitative estimate of drug-likeness (QED) is 0.605. The molecule has 1 saturated heterocycles. The summed E-state index contributed by atoms with van der Waals surface area (Å²) in [7, 11) is 0. The molecule has 1 heterocycles. The minimum atomic E-state index is -0.362. The molecule has 4 heteroatoms. The van der Waals surface area contributed by atoms with E-state index in [0.29, 0.717) is 31.7 Å². The van der Waals surface area contributed by atoms with Crippen molar-refractivity contribution in [3.63, 3.8) is 0 Å². The number of rotatable bonds is 4. The third kappa shape index (κ3) is 2.69. The van der Waals surface area contributed by atoms with Crippen molar-refractivity contribution in [2.75, 3.05) is 26.4 Å². The van der Waals surface area contributed by atoms with Gasteiger partial charge >= 0.3 is 0 Å². The van der Waals surface area contributed by atoms with Gasteiger partial charge in [-0.1, -0.05) is 6.42 Å². The second-order valence-electron chi connectivity index (χ2n) is 4.75. The van der Waals surface area contributed by atoms with Gasteiger partial charge in [-0.15, -0.1) is 0 Å². The monoisotopic (exact) mass is 215 g/mol. The smallest absolute Gasteiger partial charge is 0.0948 e. The highest BCUT2D eigenvalue weighted by atomic mass is 16.5. The summed E-state index contributed by atoms with van der Waals surface area (Å²) in [5.74, 6) is 1.03. The van der Waals surface area contributed by atoms with Crippen LogP contribution in [-0.4, -0.2) is 48.7 Å². The molecule has 0 spiro atoms. The maximum atomic E-state index is 9.55. The third-order valence-corrected chi connectivity index (χ3v) is 3.74. The van der Waals surface area contributed by atoms with E-state index in [0.717, 1.165) is 13.0 Å². The van der Waals surface area contributed by atoms with Crippen molar-refractivity contribution in [2.45, 2.75) is 31.4 Å². The Hall–Kier alpha value is -0.160. The molecule has 0 radical (unpaired) electrons. The van der Waals surface area contributed by atoms with Gasteiger partial charge in [0.2, 0.25) is 0 Å². The fraction of sp³-hybridized carbons (Fsp3) is 1.00. The number of hydrogen-bond acceptors (Lipinski definition) is 4. The summed E-state index contributed by atoms with van der Waals surface area (Å²) in [6.45, 7) is 2.26. The van der Waals surface area contributed by atoms with E-state index in [1.165, 1.54) is 12.8 Å². The molecule has 0 amide bonds. The Morgan fingerprint density at radius 1 is 1.20 bits per heavy atom. The van der Waals surface area contributed by atoms with Crippen LogP contribution in [0.2, 0.25) is 0 Å². The average molecular weight is 215 g/mol. The molecule has 88 valence electrons. The average Bonchev–Trinajstić information content (AvgIpc) is 2.83. The van der Waals surface area contributed by atoms with Gasteiger partial charge in [0.25, 0.3) is 0 Å². The van der Waals surface area contributed by atoms with Crippen molar-refractivity contribution in [2.24, 2.45) is 11.8 Å². The van der Waals surface area contributed by atoms with Crippen molar-refractivity contribution in [3.8, 4) is 0 Å². The lowest BCUT2D eigenvalue weighted by Crippen LogP contribution is -2.42. The molecule has 3 N–H and O–H groups in total. The summed E-state index contributed by atoms with van der Waals surface area (Å²) >= 11 is 0. The second-order valence-corrected chi connectivity index (χ2v) is 4.75. The van der Waals surface area contributed by atoms with E-state index in [9.17, 15) is 10.2 Å². The molecule has 4 unspecified atom stereocenters. The van der Waals surface area contributed by atoms with Crippen LogP contribution in [0.25, 0.3) is 0 Å². The van der Waals surface area contributed by atoms with Crippen LogP contribution in [0.1, 0.15) is 19.3 Å². The zero-order valence-corrected chi connectivity index (χ0v) is 9.06. The lowest BCUT2D eigenvalue weighted by atomic mass is 9.96. The Morgan fingerprint density at radius 3 is 2.67 bits per heavy atom. The zero-order valence-electron chi connectivity index (χ0n) is 9.06. The normalized spacial score (nSPS) is 41.2. The Balaban J connectivity index is 1.72. The highest BCUT2D eigenvalue weighted by Crippen LogP contribution is 2.30. The molecule has 15 heavy (non-hydrogen) atoms. The van der Waals surface area contributed by atoms with Crippen molar-refractivity contribution in [3.05, 3.63) is 0 Å². The van der Waals surface area contributed by atoms with Gasteiger partial charge in [0.1, 0.15) is 0 Å². The summed E-state index contributed by atoms with van der Waals surface area (Å²) in [5.41, 5.74) is 0. The number of ether oxygens (including phenoxy) is 1. The minimum Gasteiger partial charge on any atom is -0.396 e. The summed E-state index contributed by atoms with van der Waals surface area (Å²) in [4.78, 5) is 0. The van der Waals surface area contributed by atoms with Gasteiger partial charge < -0.3 is 20.3 Å². The van der Waals surface area contributed by atoms with E-state index < -0.39 is 0 Å². The van der Waals surface area contributed by atoms with E-state index >= 15 is 0 Å². The van der Waals surface area contributed by atoms with Gasteiger partial charge in [-0.2, -0.15) is 0 Å². The number of aliphatic hydroxyl groups is 2. The van der Waals surface area contributed by atoms with Gasteiger partial charge in [0.05, 0.1) is 25.4 Å². The van der Waals surface area contributed by atoms with Crippen LogP contribution in [0.5, 0.6) is 0 Å². The molecular weight excluding hydrogens is 194 g/mol. The molecule has 0 aromatic rings. The molecule has 2 aliphatic rings. The van der Waals surface area contributed by atoms with Crippen LogP contribution in [0.4, 0.5) is 0 Å². The Bertz CT molecular complexity index is 200. The van der Waals surface area contributed by atoms with Gasteiger partial charge in [-0.3, -0.25) is 0 Å². The number of aliphatic hydroxyl groups excluding tert-OH is 2. The minimum absolute atomic E-state index is 0.0879. The van der Waals surface area contributed by atoms with Crippen LogP contribution in [0, 0.1) is 11.8 Å². The van der Waals surface area contributed by atoms with E-state index in [1.807, 2.05) is 0 Å². The molecule has 4 atom stereocenters. The fourth-order valence-corrected chi connectivity index (χ4v) is 2.66. The summed E-state index contributed by atoms with van der Waals surface area (Å²) < 4.78 is 5.18. The van der Waals surface area contributed by atoms with Crippen LogP contribution in [-0.2, 0) is 4.74 Å². The van der Waals surface area contributed by atoms with Crippen LogP contribution in [0.3, 0.4) is 0 Å². The highest BCUT2D eigenvalue weighted by Gasteiger charge is 2.30. The first-order valence-electron chi connectivity index (χ1n) is 5.91. The van der Waals surface area contributed by atoms with Crippen LogP contribution < -0.4 is 5.32 Å². The summed E-state index contributed by atoms with van der Waals surface area (Å²) in [6.07, 6.45) is 3.20. The predicted octanol–water partition coefficient (Wildman–Crippen LogP) is -0.256. The highest BCUT2D eigenvalue weighted by molar-refractivity contribution is 4.84. The largest absolute Gasteiger partial charge is 0.396 e. The summed E-state index contributed by atoms with van der Waals surface area (Å²) in [5, 5.41) is 22.1. The molecule has 1 aliphatic heterocycles. The van der Waals surface area contributed by atoms with Gasteiger partial charge in [-0.05, 0) is 31.2 Å². The van der Waals surface area contributed by atoms with Gasteiger partial charge in [-0.25, -0.2) is 0 Å². The summed E-state index contributed by atoms with van der Waals surface area (Å²) in [6, 6.07) is 0.0879. The standard InChI is InChI=1S/C11H21NO3/c13-5-9-3-1-2-8(9)4-12-10-6-15-7-11(10)14/h8-14H,1-7H2. The van der Waals surface area contributed by atoms with Crippen LogP contribution in [0.15, 0.2) is 0 Å². The lowest BCUT2D eigenvalue weighted by molar-refractivity contribution is 0.121. The maximum absolute atomic E-state index is 9.55. The van der Waals surface area contributed by atoms with Gasteiger partial charge in [0.15, 0.2) is 0 Å². The molecule has 0 aromatic carbocycles. The molecule has 1 aliphatic carbocycles. The Morgan fingerprint density at radius 2 is 2.00 bits per heavy atom. The first-order valence-corrected chi connectivity index (χ1v) is 5.91. The topological polar surface area (TPSA) is 61.7 Å². The van der Waals surface area contributed by atoms with Gasteiger partial charge in [0, 0.05) is 6.61 Å². The van der Waals surface area contributed by atoms with E-state index in [1.54, 1.807) is 0 Å². The van der Waals surface area contributed by atoms with E-state index in [2.05, 4.69) is 5.32 Å². The van der Waals surface area contributed by atoms with E-state index in [4.69, 9.17) is 4.74 Å².